The van der Waals surface area contributed by atoms with Crippen molar-refractivity contribution in [3.63, 3.8) is 0 Å². The Morgan fingerprint density at radius 3 is 2.74 bits per heavy atom. The molecule has 0 unspecified atom stereocenters. The van der Waals surface area contributed by atoms with Crippen molar-refractivity contribution in [2.75, 3.05) is 12.3 Å². The molecule has 1 atom stereocenters. The number of aromatic amines is 2. The van der Waals surface area contributed by atoms with Crippen molar-refractivity contribution in [1.82, 2.24) is 40.5 Å². The average Bonchev–Trinajstić information content (AvgIpc) is 3.79. The molecule has 47 heavy (non-hydrogen) atoms. The number of amides is 1. The van der Waals surface area contributed by atoms with Gasteiger partial charge >= 0.3 is 6.16 Å². The van der Waals surface area contributed by atoms with Gasteiger partial charge in [0, 0.05) is 27.6 Å². The summed E-state index contributed by atoms with van der Waals surface area (Å²) in [4.78, 5) is 33.0. The van der Waals surface area contributed by atoms with Crippen molar-refractivity contribution in [1.29, 1.82) is 0 Å². The summed E-state index contributed by atoms with van der Waals surface area (Å²) >= 11 is 12.9. The number of rotatable bonds is 10. The van der Waals surface area contributed by atoms with Gasteiger partial charge in [0.1, 0.15) is 16.7 Å². The SMILES string of the molecule is CCOC(=O)Oc1cn(-c2ccc(Cl)cc2/C=C/C(=O)N[C@@H](Cc2ccccc2)c2nc(-c3ccc4c(N)n[nH]c4c3)c(Cl)[nH]2)nn1. The van der Waals surface area contributed by atoms with Crippen LogP contribution in [0.2, 0.25) is 10.2 Å². The van der Waals surface area contributed by atoms with E-state index in [2.05, 4.69) is 30.8 Å². The molecule has 15 heteroatoms. The first-order valence-electron chi connectivity index (χ1n) is 14.4. The number of anilines is 1. The number of halogens is 2. The Kier molecular flexibility index (Phi) is 9.18. The second-order valence-electron chi connectivity index (χ2n) is 10.2. The van der Waals surface area contributed by atoms with Crippen LogP contribution in [0.5, 0.6) is 5.88 Å². The van der Waals surface area contributed by atoms with E-state index in [1.807, 2.05) is 48.5 Å². The van der Waals surface area contributed by atoms with Gasteiger partial charge in [-0.15, -0.1) is 0 Å². The van der Waals surface area contributed by atoms with Gasteiger partial charge in [-0.2, -0.15) is 5.10 Å². The van der Waals surface area contributed by atoms with Crippen LogP contribution in [0.25, 0.3) is 33.9 Å². The molecule has 6 rings (SSSR count). The molecule has 5 N–H and O–H groups in total. The van der Waals surface area contributed by atoms with Gasteiger partial charge in [-0.3, -0.25) is 9.89 Å². The maximum atomic E-state index is 13.4. The summed E-state index contributed by atoms with van der Waals surface area (Å²) in [6.07, 6.45) is 3.92. The number of hydrogen-bond donors (Lipinski definition) is 4. The van der Waals surface area contributed by atoms with Crippen molar-refractivity contribution in [2.45, 2.75) is 19.4 Å². The van der Waals surface area contributed by atoms with Crippen LogP contribution in [-0.4, -0.2) is 53.8 Å². The van der Waals surface area contributed by atoms with Crippen LogP contribution < -0.4 is 15.8 Å². The molecule has 1 amide bonds. The number of H-pyrrole nitrogens is 2. The number of hydrogen-bond acceptors (Lipinski definition) is 9. The third-order valence-electron chi connectivity index (χ3n) is 7.05. The van der Waals surface area contributed by atoms with Crippen LogP contribution in [0, 0.1) is 0 Å². The molecule has 0 aliphatic carbocycles. The highest BCUT2D eigenvalue weighted by molar-refractivity contribution is 6.32. The minimum atomic E-state index is -0.897. The summed E-state index contributed by atoms with van der Waals surface area (Å²) in [6, 6.07) is 19.7. The topological polar surface area (TPSA) is 179 Å². The van der Waals surface area contributed by atoms with E-state index in [4.69, 9.17) is 43.4 Å². The van der Waals surface area contributed by atoms with Crippen molar-refractivity contribution < 1.29 is 19.1 Å². The average molecular weight is 673 g/mol. The molecule has 3 heterocycles. The lowest BCUT2D eigenvalue weighted by molar-refractivity contribution is -0.117. The second-order valence-corrected chi connectivity index (χ2v) is 11.0. The lowest BCUT2D eigenvalue weighted by Gasteiger charge is -2.16. The number of carbonyl (C=O) groups is 2. The van der Waals surface area contributed by atoms with Gasteiger partial charge in [-0.25, -0.2) is 14.5 Å². The number of imidazole rings is 1. The van der Waals surface area contributed by atoms with E-state index in [1.165, 1.54) is 17.0 Å². The predicted octanol–water partition coefficient (Wildman–Crippen LogP) is 6.07. The molecule has 0 radical (unpaired) electrons. The number of carbonyl (C=O) groups excluding carboxylic acids is 2. The molecule has 13 nitrogen and oxygen atoms in total. The molecule has 0 aliphatic heterocycles. The Morgan fingerprint density at radius 2 is 1.94 bits per heavy atom. The van der Waals surface area contributed by atoms with Crippen LogP contribution in [0.4, 0.5) is 10.6 Å². The quantitative estimate of drug-likeness (QED) is 0.0993. The van der Waals surface area contributed by atoms with Gasteiger partial charge < -0.3 is 25.5 Å². The van der Waals surface area contributed by atoms with Gasteiger partial charge in [0.15, 0.2) is 5.82 Å². The summed E-state index contributed by atoms with van der Waals surface area (Å²) in [7, 11) is 0. The Bertz CT molecular complexity index is 2090. The number of benzene rings is 3. The van der Waals surface area contributed by atoms with E-state index in [1.54, 1.807) is 31.2 Å². The normalized spacial score (nSPS) is 12.0. The molecule has 0 spiro atoms. The minimum absolute atomic E-state index is 0.0556. The Hall–Kier alpha value is -5.66. The maximum absolute atomic E-state index is 13.4. The molecule has 0 fully saturated rings. The van der Waals surface area contributed by atoms with E-state index in [-0.39, 0.29) is 12.5 Å². The Labute approximate surface area is 277 Å². The summed E-state index contributed by atoms with van der Waals surface area (Å²) in [6.45, 7) is 1.81. The minimum Gasteiger partial charge on any atom is -0.434 e. The maximum Gasteiger partial charge on any atom is 0.515 e. The monoisotopic (exact) mass is 671 g/mol. The largest absolute Gasteiger partial charge is 0.515 e. The lowest BCUT2D eigenvalue weighted by Crippen LogP contribution is -2.29. The van der Waals surface area contributed by atoms with Crippen molar-refractivity contribution >= 4 is 58.1 Å². The molecular formula is C32H27Cl2N9O4. The standard InChI is InChI=1S/C32H27Cl2N9O4/c1-2-46-32(45)47-27-17-43(42-40-27)25-12-10-21(33)15-19(25)9-13-26(44)36-24(14-18-6-4-3-5-7-18)31-37-28(29(34)38-31)20-8-11-22-23(16-20)39-41-30(22)35/h3-13,15-17,24H,2,14H2,1H3,(H,36,44)(H,37,38)(H3,35,39,41)/b13-9+/t24-/m0/s1. The molecule has 6 aromatic rings. The predicted molar refractivity (Wildman–Crippen MR) is 177 cm³/mol. The highest BCUT2D eigenvalue weighted by atomic mass is 35.5. The lowest BCUT2D eigenvalue weighted by atomic mass is 10.1. The fourth-order valence-electron chi connectivity index (χ4n) is 4.88. The summed E-state index contributed by atoms with van der Waals surface area (Å²) in [5, 5.41) is 19.4. The van der Waals surface area contributed by atoms with E-state index < -0.39 is 18.1 Å². The van der Waals surface area contributed by atoms with Gasteiger partial charge in [-0.05, 0) is 55.3 Å². The van der Waals surface area contributed by atoms with Crippen LogP contribution in [0.15, 0.2) is 79.0 Å². The Morgan fingerprint density at radius 1 is 1.11 bits per heavy atom. The zero-order valence-electron chi connectivity index (χ0n) is 24.8. The summed E-state index contributed by atoms with van der Waals surface area (Å²) in [5.74, 6) is 0.420. The van der Waals surface area contributed by atoms with Gasteiger partial charge in [0.25, 0.3) is 5.88 Å². The number of fused-ring (bicyclic) bond motifs is 1. The molecule has 0 aliphatic rings. The van der Waals surface area contributed by atoms with E-state index >= 15 is 0 Å². The third-order valence-corrected chi connectivity index (χ3v) is 7.55. The van der Waals surface area contributed by atoms with E-state index in [0.717, 1.165) is 22.0 Å². The number of nitrogen functional groups attached to an aromatic ring is 1. The number of ether oxygens (including phenoxy) is 2. The van der Waals surface area contributed by atoms with E-state index in [0.29, 0.717) is 45.2 Å². The van der Waals surface area contributed by atoms with Gasteiger partial charge in [0.05, 0.1) is 30.0 Å². The van der Waals surface area contributed by atoms with Crippen LogP contribution >= 0.6 is 23.2 Å². The number of nitrogens with one attached hydrogen (secondary N) is 3. The highest BCUT2D eigenvalue weighted by Gasteiger charge is 2.22. The first kappa shape index (κ1) is 31.3. The zero-order valence-corrected chi connectivity index (χ0v) is 26.3. The van der Waals surface area contributed by atoms with Crippen molar-refractivity contribution in [3.8, 4) is 22.8 Å². The van der Waals surface area contributed by atoms with E-state index in [9.17, 15) is 9.59 Å². The molecule has 0 saturated heterocycles. The summed E-state index contributed by atoms with van der Waals surface area (Å²) in [5.41, 5.74) is 9.99. The van der Waals surface area contributed by atoms with Gasteiger partial charge in [-0.1, -0.05) is 69.9 Å². The molecule has 3 aromatic heterocycles. The van der Waals surface area contributed by atoms with Crippen molar-refractivity contribution in [3.05, 3.63) is 106 Å². The first-order chi connectivity index (χ1) is 22.8. The number of nitrogens with two attached hydrogens (primary N) is 1. The fourth-order valence-corrected chi connectivity index (χ4v) is 5.31. The molecule has 3 aromatic carbocycles. The van der Waals surface area contributed by atoms with Crippen LogP contribution in [-0.2, 0) is 16.0 Å². The number of nitrogens with zero attached hydrogens (tertiary/aromatic N) is 5. The number of aromatic nitrogens is 7. The van der Waals surface area contributed by atoms with Crippen LogP contribution in [0.3, 0.4) is 0 Å². The molecular weight excluding hydrogens is 645 g/mol. The molecule has 0 saturated carbocycles. The fraction of sp³-hybridized carbons (Fsp3) is 0.125. The third kappa shape index (κ3) is 7.27. The molecule has 238 valence electrons. The van der Waals surface area contributed by atoms with Crippen molar-refractivity contribution in [2.24, 2.45) is 0 Å². The molecule has 0 bridgehead atoms. The smallest absolute Gasteiger partial charge is 0.434 e. The Balaban J connectivity index is 1.25. The second kappa shape index (κ2) is 13.8. The van der Waals surface area contributed by atoms with Gasteiger partial charge in [0.2, 0.25) is 5.91 Å². The first-order valence-corrected chi connectivity index (χ1v) is 15.1. The summed E-state index contributed by atoms with van der Waals surface area (Å²) < 4.78 is 11.2. The highest BCUT2D eigenvalue weighted by Crippen LogP contribution is 2.31. The zero-order chi connectivity index (χ0) is 32.9. The van der Waals surface area contributed by atoms with Crippen LogP contribution in [0.1, 0.15) is 29.9 Å².